The van der Waals surface area contributed by atoms with Crippen LogP contribution in [-0.2, 0) is 22.0 Å². The maximum absolute atomic E-state index is 6.77. The molecule has 1 heterocycles. The van der Waals surface area contributed by atoms with Crippen molar-refractivity contribution in [1.29, 1.82) is 0 Å². The van der Waals surface area contributed by atoms with Crippen molar-refractivity contribution >= 4 is 29.7 Å². The average molecular weight is 650 g/mol. The molecule has 0 aromatic heterocycles. The molecule has 4 aromatic carbocycles. The molecule has 3 aliphatic rings. The number of hydrogen-bond acceptors (Lipinski definition) is 2. The Hall–Kier alpha value is -4.00. The molecule has 0 N–H and O–H groups in total. The van der Waals surface area contributed by atoms with Gasteiger partial charge in [0.15, 0.2) is 0 Å². The van der Waals surface area contributed by atoms with E-state index in [0.717, 1.165) is 25.2 Å². The Balaban J connectivity index is 1.51. The Labute approximate surface area is 289 Å². The van der Waals surface area contributed by atoms with Crippen molar-refractivity contribution in [1.82, 2.24) is 0 Å². The van der Waals surface area contributed by atoms with E-state index in [9.17, 15) is 0 Å². The second kappa shape index (κ2) is 12.5. The lowest BCUT2D eigenvalue weighted by Crippen LogP contribution is -2.36. The average Bonchev–Trinajstić information content (AvgIpc) is 3.67. The highest BCUT2D eigenvalue weighted by molar-refractivity contribution is 7.80. The molecule has 7 rings (SSSR count). The van der Waals surface area contributed by atoms with Crippen LogP contribution < -0.4 is 15.9 Å². The fraction of sp³-hybridized carbons (Fsp3) is 0.311. The quantitative estimate of drug-likeness (QED) is 0.138. The molecule has 244 valence electrons. The first-order valence-electron chi connectivity index (χ1n) is 17.4. The number of aryl methyl sites for hydroxylation is 1. The van der Waals surface area contributed by atoms with Gasteiger partial charge in [-0.25, -0.2) is 4.99 Å². The zero-order valence-corrected chi connectivity index (χ0v) is 30.3. The Bertz CT molecular complexity index is 1890. The third kappa shape index (κ3) is 5.73. The summed E-state index contributed by atoms with van der Waals surface area (Å²) in [7, 11) is -0.822. The van der Waals surface area contributed by atoms with E-state index in [1.54, 1.807) is 0 Å². The molecule has 0 unspecified atom stereocenters. The van der Waals surface area contributed by atoms with Crippen LogP contribution >= 0.6 is 7.92 Å². The SMILES string of the molecule is C=C/C(C)=C\C1=C(C2=N[C@@H](Cc3ccccc3)CO2)[C@@]2(CC1(C)C)CC(C)(C)c1cc(C)cc(P(c3ccccc3)c3ccccc3)c12. The van der Waals surface area contributed by atoms with Crippen LogP contribution in [0.4, 0.5) is 0 Å². The fourth-order valence-corrected chi connectivity index (χ4v) is 11.5. The highest BCUT2D eigenvalue weighted by Gasteiger charge is 2.60. The van der Waals surface area contributed by atoms with Crippen molar-refractivity contribution in [2.24, 2.45) is 10.4 Å². The molecule has 3 heteroatoms. The first-order chi connectivity index (χ1) is 23.0. The summed E-state index contributed by atoms with van der Waals surface area (Å²) < 4.78 is 6.77. The molecule has 0 radical (unpaired) electrons. The van der Waals surface area contributed by atoms with Crippen molar-refractivity contribution in [3.8, 4) is 0 Å². The topological polar surface area (TPSA) is 21.6 Å². The Kier molecular flexibility index (Phi) is 8.45. The fourth-order valence-electron chi connectivity index (χ4n) is 8.82. The largest absolute Gasteiger partial charge is 0.475 e. The summed E-state index contributed by atoms with van der Waals surface area (Å²) in [6.45, 7) is 19.0. The van der Waals surface area contributed by atoms with E-state index in [2.05, 4.69) is 157 Å². The zero-order chi connectivity index (χ0) is 33.7. The Morgan fingerprint density at radius 1 is 0.854 bits per heavy atom. The second-order valence-electron chi connectivity index (χ2n) is 15.4. The summed E-state index contributed by atoms with van der Waals surface area (Å²) in [6, 6.07) is 38.2. The number of aliphatic imine (C=N–C) groups is 1. The monoisotopic (exact) mass is 649 g/mol. The summed E-state index contributed by atoms with van der Waals surface area (Å²) in [6.07, 6.45) is 7.27. The van der Waals surface area contributed by atoms with Gasteiger partial charge in [0.1, 0.15) is 6.61 Å². The van der Waals surface area contributed by atoms with Crippen molar-refractivity contribution in [2.75, 3.05) is 6.61 Å². The molecule has 0 amide bonds. The van der Waals surface area contributed by atoms with Gasteiger partial charge in [0, 0.05) is 11.0 Å². The van der Waals surface area contributed by atoms with Crippen LogP contribution in [0, 0.1) is 12.3 Å². The number of nitrogens with zero attached hydrogens (tertiary/aromatic N) is 1. The minimum atomic E-state index is -0.822. The zero-order valence-electron chi connectivity index (χ0n) is 29.4. The number of allylic oxidation sites excluding steroid dienone is 4. The summed E-state index contributed by atoms with van der Waals surface area (Å²) in [5.74, 6) is 0.851. The third-order valence-electron chi connectivity index (χ3n) is 10.6. The van der Waals surface area contributed by atoms with Crippen LogP contribution in [0.2, 0.25) is 0 Å². The lowest BCUT2D eigenvalue weighted by molar-refractivity contribution is 0.299. The number of fused-ring (bicyclic) bond motifs is 2. The van der Waals surface area contributed by atoms with Gasteiger partial charge in [-0.2, -0.15) is 0 Å². The van der Waals surface area contributed by atoms with Gasteiger partial charge in [0.05, 0.1) is 6.04 Å². The maximum atomic E-state index is 6.77. The van der Waals surface area contributed by atoms with Crippen molar-refractivity contribution in [3.63, 3.8) is 0 Å². The van der Waals surface area contributed by atoms with Gasteiger partial charge in [0.25, 0.3) is 0 Å². The normalized spacial score (nSPS) is 22.6. The molecule has 2 atom stereocenters. The van der Waals surface area contributed by atoms with E-state index in [1.165, 1.54) is 54.9 Å². The molecule has 2 nitrogen and oxygen atoms in total. The van der Waals surface area contributed by atoms with Gasteiger partial charge in [-0.05, 0) is 90.0 Å². The number of ether oxygens (including phenoxy) is 1. The molecule has 1 spiro atoms. The van der Waals surface area contributed by atoms with E-state index < -0.39 is 7.92 Å². The van der Waals surface area contributed by atoms with Crippen molar-refractivity contribution < 1.29 is 4.74 Å². The van der Waals surface area contributed by atoms with Crippen LogP contribution in [-0.4, -0.2) is 18.5 Å². The molecule has 2 aliphatic carbocycles. The van der Waals surface area contributed by atoms with Gasteiger partial charge in [-0.15, -0.1) is 0 Å². The molecule has 0 saturated carbocycles. The van der Waals surface area contributed by atoms with Crippen LogP contribution in [0.25, 0.3) is 0 Å². The van der Waals surface area contributed by atoms with Crippen molar-refractivity contribution in [3.05, 3.63) is 161 Å². The van der Waals surface area contributed by atoms with Gasteiger partial charge in [-0.3, -0.25) is 0 Å². The smallest absolute Gasteiger partial charge is 0.213 e. The lowest BCUT2D eigenvalue weighted by atomic mass is 9.71. The molecule has 0 fully saturated rings. The standard InChI is InChI=1S/C45H48NOP/c1-8-31(2)24-38-41(42-46-34(28-47-42)27-33-18-12-9-13-19-33)45(30-44(38,6)7)29-43(4,5)37-25-32(3)26-39(40(37)45)48(35-20-14-10-15-21-35)36-22-16-11-17-23-36/h8-26,34H,1,27-30H2,2-7H3/b31-24-/t34-,45+/m0/s1. The maximum Gasteiger partial charge on any atom is 0.213 e. The Morgan fingerprint density at radius 2 is 1.44 bits per heavy atom. The van der Waals surface area contributed by atoms with E-state index in [1.807, 2.05) is 6.08 Å². The summed E-state index contributed by atoms with van der Waals surface area (Å²) in [4.78, 5) is 5.45. The van der Waals surface area contributed by atoms with Gasteiger partial charge < -0.3 is 4.74 Å². The number of rotatable bonds is 8. The summed E-state index contributed by atoms with van der Waals surface area (Å²) in [5, 5.41) is 4.24. The molecular weight excluding hydrogens is 601 g/mol. The molecule has 0 bridgehead atoms. The number of hydrogen-bond donors (Lipinski definition) is 0. The summed E-state index contributed by atoms with van der Waals surface area (Å²) >= 11 is 0. The third-order valence-corrected chi connectivity index (χ3v) is 13.1. The van der Waals surface area contributed by atoms with Crippen LogP contribution in [0.3, 0.4) is 0 Å². The molecule has 4 aromatic rings. The van der Waals surface area contributed by atoms with Gasteiger partial charge in [0.2, 0.25) is 5.90 Å². The van der Waals surface area contributed by atoms with Gasteiger partial charge in [-0.1, -0.05) is 161 Å². The first-order valence-corrected chi connectivity index (χ1v) is 18.7. The van der Waals surface area contributed by atoms with E-state index in [-0.39, 0.29) is 22.3 Å². The molecule has 0 saturated heterocycles. The van der Waals surface area contributed by atoms with Crippen LogP contribution in [0.15, 0.2) is 144 Å². The minimum absolute atomic E-state index is 0.0267. The first kappa shape index (κ1) is 32.5. The highest BCUT2D eigenvalue weighted by atomic mass is 31.1. The van der Waals surface area contributed by atoms with E-state index in [4.69, 9.17) is 9.73 Å². The van der Waals surface area contributed by atoms with Crippen LogP contribution in [0.5, 0.6) is 0 Å². The lowest BCUT2D eigenvalue weighted by Gasteiger charge is -2.35. The predicted octanol–water partition coefficient (Wildman–Crippen LogP) is 9.57. The Morgan fingerprint density at radius 3 is 2.04 bits per heavy atom. The predicted molar refractivity (Wildman–Crippen MR) is 206 cm³/mol. The highest BCUT2D eigenvalue weighted by Crippen LogP contribution is 2.65. The number of benzene rings is 4. The molecular formula is C45H48NOP. The second-order valence-corrected chi connectivity index (χ2v) is 17.6. The van der Waals surface area contributed by atoms with Gasteiger partial charge >= 0.3 is 0 Å². The molecule has 48 heavy (non-hydrogen) atoms. The summed E-state index contributed by atoms with van der Waals surface area (Å²) in [5.41, 5.74) is 9.08. The van der Waals surface area contributed by atoms with E-state index in [0.29, 0.717) is 6.61 Å². The molecule has 1 aliphatic heterocycles. The minimum Gasteiger partial charge on any atom is -0.475 e. The van der Waals surface area contributed by atoms with E-state index >= 15 is 0 Å². The van der Waals surface area contributed by atoms with Crippen molar-refractivity contribution in [2.45, 2.75) is 77.7 Å². The van der Waals surface area contributed by atoms with Crippen LogP contribution in [0.1, 0.15) is 69.7 Å².